The number of hydrogen-bond acceptors (Lipinski definition) is 2. The Labute approximate surface area is 325 Å². The highest BCUT2D eigenvalue weighted by Gasteiger charge is 2.45. The normalized spacial score (nSPS) is 14.5. The molecule has 3 heterocycles. The Hall–Kier alpha value is -7.36. The summed E-state index contributed by atoms with van der Waals surface area (Å²) in [5.74, 6) is 0.708. The minimum absolute atomic E-state index is 0.526. The molecule has 10 aromatic rings. The highest BCUT2D eigenvalue weighted by molar-refractivity contribution is 6.12. The van der Waals surface area contributed by atoms with E-state index in [0.29, 0.717) is 5.82 Å². The largest absolute Gasteiger partial charge is 0.309 e. The number of hydrogen-bond donors (Lipinski definition) is 0. The molecule has 0 radical (unpaired) electrons. The van der Waals surface area contributed by atoms with E-state index in [-0.39, 0.29) is 0 Å². The summed E-state index contributed by atoms with van der Waals surface area (Å²) in [6, 6.07) is 76.3. The molecule has 0 bridgehead atoms. The van der Waals surface area contributed by atoms with Gasteiger partial charge in [-0.2, -0.15) is 0 Å². The second-order valence-corrected chi connectivity index (χ2v) is 14.5. The maximum atomic E-state index is 5.05. The van der Waals surface area contributed by atoms with Crippen LogP contribution < -0.4 is 0 Å². The molecule has 262 valence electrons. The van der Waals surface area contributed by atoms with Gasteiger partial charge in [-0.15, -0.1) is 0 Å². The van der Waals surface area contributed by atoms with Crippen molar-refractivity contribution in [3.8, 4) is 50.7 Å². The van der Waals surface area contributed by atoms with Gasteiger partial charge < -0.3 is 4.57 Å². The Morgan fingerprint density at radius 1 is 0.357 bits per heavy atom. The average Bonchev–Trinajstić information content (AvgIpc) is 3.63. The SMILES string of the molecule is c1ccc(-c2cc(-c3ccccc3)nc(-c3ccc(-c4ccc(C5(c6ccccc6)c6ccccc6-n6c7ccccc7c7cccc5c76)cc4)cc3)n2)cc1. The van der Waals surface area contributed by atoms with Crippen LogP contribution in [0.4, 0.5) is 0 Å². The van der Waals surface area contributed by atoms with E-state index in [1.807, 2.05) is 36.4 Å². The molecule has 0 N–H and O–H groups in total. The lowest BCUT2D eigenvalue weighted by Crippen LogP contribution is -2.35. The van der Waals surface area contributed by atoms with Crippen molar-refractivity contribution in [3.63, 3.8) is 0 Å². The van der Waals surface area contributed by atoms with Crippen molar-refractivity contribution in [3.05, 3.63) is 235 Å². The lowest BCUT2D eigenvalue weighted by molar-refractivity contribution is 0.728. The third-order valence-corrected chi connectivity index (χ3v) is 11.5. The van der Waals surface area contributed by atoms with Crippen molar-refractivity contribution in [2.24, 2.45) is 0 Å². The average molecular weight is 714 g/mol. The van der Waals surface area contributed by atoms with E-state index in [4.69, 9.17) is 9.97 Å². The van der Waals surface area contributed by atoms with E-state index in [2.05, 4.69) is 180 Å². The number of benzene rings is 8. The number of fused-ring (bicyclic) bond motifs is 5. The first kappa shape index (κ1) is 32.1. The van der Waals surface area contributed by atoms with Gasteiger partial charge in [0.15, 0.2) is 5.82 Å². The van der Waals surface area contributed by atoms with E-state index in [9.17, 15) is 0 Å². The van der Waals surface area contributed by atoms with Crippen molar-refractivity contribution in [2.45, 2.75) is 5.41 Å². The summed E-state index contributed by atoms with van der Waals surface area (Å²) in [5, 5.41) is 2.55. The number of para-hydroxylation sites is 3. The summed E-state index contributed by atoms with van der Waals surface area (Å²) >= 11 is 0. The molecule has 1 unspecified atom stereocenters. The van der Waals surface area contributed by atoms with Crippen LogP contribution in [0, 0.1) is 0 Å². The van der Waals surface area contributed by atoms with Gasteiger partial charge in [0.1, 0.15) is 0 Å². The van der Waals surface area contributed by atoms with Crippen molar-refractivity contribution < 1.29 is 0 Å². The predicted molar refractivity (Wildman–Crippen MR) is 230 cm³/mol. The van der Waals surface area contributed by atoms with E-state index < -0.39 is 5.41 Å². The maximum Gasteiger partial charge on any atom is 0.160 e. The van der Waals surface area contributed by atoms with Gasteiger partial charge in [-0.05, 0) is 51.6 Å². The highest BCUT2D eigenvalue weighted by atomic mass is 15.0. The zero-order chi connectivity index (χ0) is 37.1. The van der Waals surface area contributed by atoms with Gasteiger partial charge in [0.05, 0.1) is 33.5 Å². The van der Waals surface area contributed by atoms with Crippen molar-refractivity contribution >= 4 is 21.8 Å². The van der Waals surface area contributed by atoms with E-state index in [0.717, 1.165) is 39.2 Å². The van der Waals surface area contributed by atoms with Gasteiger partial charge in [-0.25, -0.2) is 9.97 Å². The number of aromatic nitrogens is 3. The molecule has 11 rings (SSSR count). The zero-order valence-electron chi connectivity index (χ0n) is 30.5. The van der Waals surface area contributed by atoms with E-state index >= 15 is 0 Å². The topological polar surface area (TPSA) is 30.7 Å². The molecule has 3 heteroatoms. The quantitative estimate of drug-likeness (QED) is 0.172. The van der Waals surface area contributed by atoms with Gasteiger partial charge in [0.2, 0.25) is 0 Å². The Kier molecular flexibility index (Phi) is 7.39. The first-order chi connectivity index (χ1) is 27.8. The van der Waals surface area contributed by atoms with Crippen LogP contribution in [0.2, 0.25) is 0 Å². The Morgan fingerprint density at radius 2 is 0.857 bits per heavy atom. The van der Waals surface area contributed by atoms with Gasteiger partial charge >= 0.3 is 0 Å². The second-order valence-electron chi connectivity index (χ2n) is 14.5. The van der Waals surface area contributed by atoms with Crippen molar-refractivity contribution in [2.75, 3.05) is 0 Å². The first-order valence-corrected chi connectivity index (χ1v) is 19.2. The molecular formula is C53H35N3. The molecule has 1 aliphatic heterocycles. The van der Waals surface area contributed by atoms with Crippen LogP contribution in [0.25, 0.3) is 72.5 Å². The zero-order valence-corrected chi connectivity index (χ0v) is 30.5. The van der Waals surface area contributed by atoms with Crippen molar-refractivity contribution in [1.82, 2.24) is 14.5 Å². The monoisotopic (exact) mass is 713 g/mol. The standard InChI is InChI=1S/C53H35N3/c1-4-15-38(16-5-1)47-35-48(39-17-6-2-7-18-39)55-52(54-47)40-29-27-36(28-30-40)37-31-33-42(34-32-37)53(41-19-8-3-9-20-41)45-23-11-13-26-50(45)56-49-25-12-10-21-43(49)44-22-14-24-46(53)51(44)56/h1-35H. The lowest BCUT2D eigenvalue weighted by Gasteiger charge is -2.41. The van der Waals surface area contributed by atoms with Crippen LogP contribution >= 0.6 is 0 Å². The molecule has 0 aliphatic carbocycles. The smallest absolute Gasteiger partial charge is 0.160 e. The molecule has 1 atom stereocenters. The minimum atomic E-state index is -0.526. The first-order valence-electron chi connectivity index (χ1n) is 19.2. The van der Waals surface area contributed by atoms with Crippen LogP contribution in [-0.4, -0.2) is 14.5 Å². The fourth-order valence-corrected chi connectivity index (χ4v) is 8.99. The number of rotatable bonds is 6. The predicted octanol–water partition coefficient (Wildman–Crippen LogP) is 12.9. The van der Waals surface area contributed by atoms with Gasteiger partial charge in [-0.3, -0.25) is 0 Å². The Bertz CT molecular complexity index is 2980. The molecule has 2 aromatic heterocycles. The molecule has 0 spiro atoms. The Balaban J connectivity index is 1.03. The fraction of sp³-hybridized carbons (Fsp3) is 0.0189. The summed E-state index contributed by atoms with van der Waals surface area (Å²) in [5.41, 5.74) is 15.5. The molecular weight excluding hydrogens is 679 g/mol. The molecule has 3 nitrogen and oxygen atoms in total. The summed E-state index contributed by atoms with van der Waals surface area (Å²) in [6.07, 6.45) is 0. The molecule has 0 fully saturated rings. The summed E-state index contributed by atoms with van der Waals surface area (Å²) in [7, 11) is 0. The Morgan fingerprint density at radius 3 is 1.54 bits per heavy atom. The molecule has 0 amide bonds. The third kappa shape index (κ3) is 4.91. The molecule has 8 aromatic carbocycles. The van der Waals surface area contributed by atoms with Gasteiger partial charge in [-0.1, -0.05) is 194 Å². The molecule has 1 aliphatic rings. The molecule has 56 heavy (non-hydrogen) atoms. The van der Waals surface area contributed by atoms with E-state index in [1.165, 1.54) is 49.7 Å². The summed E-state index contributed by atoms with van der Waals surface area (Å²) in [4.78, 5) is 10.1. The van der Waals surface area contributed by atoms with Gasteiger partial charge in [0.25, 0.3) is 0 Å². The summed E-state index contributed by atoms with van der Waals surface area (Å²) in [6.45, 7) is 0. The van der Waals surface area contributed by atoms with Crippen LogP contribution in [0.5, 0.6) is 0 Å². The molecule has 0 saturated carbocycles. The lowest BCUT2D eigenvalue weighted by atomic mass is 9.63. The highest BCUT2D eigenvalue weighted by Crippen LogP contribution is 2.54. The van der Waals surface area contributed by atoms with Crippen LogP contribution in [0.15, 0.2) is 212 Å². The third-order valence-electron chi connectivity index (χ3n) is 11.5. The summed E-state index contributed by atoms with van der Waals surface area (Å²) < 4.78 is 2.48. The van der Waals surface area contributed by atoms with Crippen molar-refractivity contribution in [1.29, 1.82) is 0 Å². The number of nitrogens with zero attached hydrogens (tertiary/aromatic N) is 3. The van der Waals surface area contributed by atoms with E-state index in [1.54, 1.807) is 0 Å². The second kappa shape index (κ2) is 12.9. The maximum absolute atomic E-state index is 5.05. The van der Waals surface area contributed by atoms with Crippen LogP contribution in [0.1, 0.15) is 22.3 Å². The fourth-order valence-electron chi connectivity index (χ4n) is 8.99. The van der Waals surface area contributed by atoms with Crippen LogP contribution in [-0.2, 0) is 5.41 Å². The molecule has 0 saturated heterocycles. The van der Waals surface area contributed by atoms with Crippen LogP contribution in [0.3, 0.4) is 0 Å². The van der Waals surface area contributed by atoms with Gasteiger partial charge in [0, 0.05) is 27.5 Å². The minimum Gasteiger partial charge on any atom is -0.309 e.